The van der Waals surface area contributed by atoms with E-state index in [2.05, 4.69) is 15.8 Å². The zero-order valence-electron chi connectivity index (χ0n) is 15.7. The fraction of sp³-hybridized carbons (Fsp3) is 0.421. The van der Waals surface area contributed by atoms with Crippen LogP contribution in [0.3, 0.4) is 0 Å². The molecule has 0 unspecified atom stereocenters. The van der Waals surface area contributed by atoms with Crippen LogP contribution in [0.2, 0.25) is 0 Å². The third kappa shape index (κ3) is 3.79. The molecule has 2 aromatic rings. The number of amides is 3. The molecule has 3 amide bonds. The zero-order chi connectivity index (χ0) is 19.7. The van der Waals surface area contributed by atoms with Gasteiger partial charge in [0.05, 0.1) is 30.6 Å². The summed E-state index contributed by atoms with van der Waals surface area (Å²) in [7, 11) is 1.69. The second kappa shape index (κ2) is 7.51. The minimum absolute atomic E-state index is 0.0125. The topological polar surface area (TPSA) is 106 Å². The van der Waals surface area contributed by atoms with Crippen LogP contribution < -0.4 is 20.3 Å². The maximum atomic E-state index is 12.4. The van der Waals surface area contributed by atoms with Gasteiger partial charge in [-0.1, -0.05) is 5.16 Å². The number of carbonyl (C=O) groups excluding carboxylic acids is 2. The number of anilines is 2. The zero-order valence-corrected chi connectivity index (χ0v) is 15.7. The van der Waals surface area contributed by atoms with Crippen LogP contribution in [0.4, 0.5) is 16.2 Å². The highest BCUT2D eigenvalue weighted by Crippen LogP contribution is 2.33. The molecular formula is C19H22N4O5. The smallest absolute Gasteiger partial charge is 0.319 e. The first-order valence-electron chi connectivity index (χ1n) is 9.10. The molecule has 1 aromatic heterocycles. The van der Waals surface area contributed by atoms with E-state index in [0.29, 0.717) is 36.8 Å². The molecule has 0 bridgehead atoms. The Morgan fingerprint density at radius 2 is 2.18 bits per heavy atom. The van der Waals surface area contributed by atoms with Crippen LogP contribution in [0.25, 0.3) is 0 Å². The van der Waals surface area contributed by atoms with Crippen molar-refractivity contribution in [1.29, 1.82) is 0 Å². The minimum atomic E-state index is -0.325. The van der Waals surface area contributed by atoms with E-state index in [9.17, 15) is 9.59 Å². The van der Waals surface area contributed by atoms with Gasteiger partial charge in [0, 0.05) is 37.2 Å². The van der Waals surface area contributed by atoms with Gasteiger partial charge in [0.25, 0.3) is 5.91 Å². The van der Waals surface area contributed by atoms with Gasteiger partial charge in [-0.15, -0.1) is 0 Å². The molecule has 0 saturated carbocycles. The number of ether oxygens (including phenoxy) is 2. The van der Waals surface area contributed by atoms with Gasteiger partial charge in [-0.2, -0.15) is 0 Å². The molecule has 2 N–H and O–H groups in total. The molecule has 9 nitrogen and oxygen atoms in total. The van der Waals surface area contributed by atoms with Crippen molar-refractivity contribution in [2.45, 2.75) is 19.4 Å². The van der Waals surface area contributed by atoms with E-state index in [1.165, 1.54) is 4.90 Å². The SMILES string of the molecule is Cc1cc(C[C@@H]2COC[C@@H]2NC(=O)Nc2ccc3c(c2)OCC(=O)N3C)on1. The van der Waals surface area contributed by atoms with Crippen LogP contribution in [0.5, 0.6) is 5.75 Å². The number of nitrogens with zero attached hydrogens (tertiary/aromatic N) is 2. The van der Waals surface area contributed by atoms with E-state index in [0.717, 1.165) is 11.5 Å². The van der Waals surface area contributed by atoms with Gasteiger partial charge in [0.15, 0.2) is 6.61 Å². The molecule has 0 aliphatic carbocycles. The molecule has 28 heavy (non-hydrogen) atoms. The van der Waals surface area contributed by atoms with Gasteiger partial charge in [0.1, 0.15) is 11.5 Å². The Hall–Kier alpha value is -3.07. The molecule has 3 heterocycles. The summed E-state index contributed by atoms with van der Waals surface area (Å²) in [6, 6.07) is 6.63. The van der Waals surface area contributed by atoms with Crippen molar-refractivity contribution >= 4 is 23.3 Å². The quantitative estimate of drug-likeness (QED) is 0.829. The molecule has 9 heteroatoms. The van der Waals surface area contributed by atoms with E-state index >= 15 is 0 Å². The normalized spacial score (nSPS) is 21.2. The molecule has 0 spiro atoms. The number of nitrogens with one attached hydrogen (secondary N) is 2. The van der Waals surface area contributed by atoms with Crippen molar-refractivity contribution in [3.8, 4) is 5.75 Å². The molecule has 1 saturated heterocycles. The summed E-state index contributed by atoms with van der Waals surface area (Å²) in [4.78, 5) is 25.6. The van der Waals surface area contributed by atoms with Gasteiger partial charge in [-0.3, -0.25) is 4.79 Å². The van der Waals surface area contributed by atoms with E-state index in [4.69, 9.17) is 14.0 Å². The summed E-state index contributed by atoms with van der Waals surface area (Å²) < 4.78 is 16.3. The molecular weight excluding hydrogens is 364 g/mol. The van der Waals surface area contributed by atoms with Crippen LogP contribution in [0, 0.1) is 12.8 Å². The molecule has 2 aliphatic heterocycles. The molecule has 4 rings (SSSR count). The Morgan fingerprint density at radius 3 is 2.96 bits per heavy atom. The van der Waals surface area contributed by atoms with Crippen LogP contribution in [0.15, 0.2) is 28.8 Å². The maximum absolute atomic E-state index is 12.4. The number of benzene rings is 1. The van der Waals surface area contributed by atoms with Crippen molar-refractivity contribution in [3.05, 3.63) is 35.7 Å². The van der Waals surface area contributed by atoms with E-state index in [1.807, 2.05) is 13.0 Å². The molecule has 0 radical (unpaired) electrons. The van der Waals surface area contributed by atoms with Crippen molar-refractivity contribution in [1.82, 2.24) is 10.5 Å². The summed E-state index contributed by atoms with van der Waals surface area (Å²) in [6.45, 7) is 2.86. The van der Waals surface area contributed by atoms with Crippen LogP contribution in [-0.4, -0.2) is 50.0 Å². The predicted octanol–water partition coefficient (Wildman–Crippen LogP) is 1.72. The Bertz CT molecular complexity index is 896. The van der Waals surface area contributed by atoms with Gasteiger partial charge in [0.2, 0.25) is 0 Å². The molecule has 2 aliphatic rings. The van der Waals surface area contributed by atoms with Crippen molar-refractivity contribution < 1.29 is 23.6 Å². The predicted molar refractivity (Wildman–Crippen MR) is 101 cm³/mol. The Morgan fingerprint density at radius 1 is 1.32 bits per heavy atom. The number of aromatic nitrogens is 1. The van der Waals surface area contributed by atoms with Gasteiger partial charge in [-0.05, 0) is 19.1 Å². The molecule has 148 valence electrons. The Labute approximate surface area is 162 Å². The second-order valence-electron chi connectivity index (χ2n) is 7.07. The summed E-state index contributed by atoms with van der Waals surface area (Å²) in [6.07, 6.45) is 0.652. The highest BCUT2D eigenvalue weighted by Gasteiger charge is 2.31. The number of fused-ring (bicyclic) bond motifs is 1. The highest BCUT2D eigenvalue weighted by atomic mass is 16.5. The van der Waals surface area contributed by atoms with Gasteiger partial charge < -0.3 is 29.5 Å². The summed E-state index contributed by atoms with van der Waals surface area (Å²) in [5.41, 5.74) is 2.09. The Balaban J connectivity index is 1.37. The average molecular weight is 386 g/mol. The second-order valence-corrected chi connectivity index (χ2v) is 7.07. The summed E-state index contributed by atoms with van der Waals surface area (Å²) in [5, 5.41) is 9.66. The van der Waals surface area contributed by atoms with Crippen LogP contribution in [0.1, 0.15) is 11.5 Å². The standard InChI is InChI=1S/C19H22N4O5/c1-11-5-14(28-22-11)6-12-8-26-9-15(12)21-19(25)20-13-3-4-16-17(7-13)27-10-18(24)23(16)2/h3-5,7,12,15H,6,8-10H2,1-2H3,(H2,20,21,25)/t12-,15+/m1/s1. The monoisotopic (exact) mass is 386 g/mol. The van der Waals surface area contributed by atoms with Crippen molar-refractivity contribution in [2.75, 3.05) is 37.1 Å². The lowest BCUT2D eigenvalue weighted by Gasteiger charge is -2.26. The number of rotatable bonds is 4. The van der Waals surface area contributed by atoms with Gasteiger partial charge in [-0.25, -0.2) is 4.79 Å². The summed E-state index contributed by atoms with van der Waals surface area (Å²) in [5.74, 6) is 1.35. The molecule has 1 fully saturated rings. The third-order valence-electron chi connectivity index (χ3n) is 4.96. The number of carbonyl (C=O) groups is 2. The highest BCUT2D eigenvalue weighted by molar-refractivity contribution is 5.98. The lowest BCUT2D eigenvalue weighted by molar-refractivity contribution is -0.120. The average Bonchev–Trinajstić information content (AvgIpc) is 3.27. The van der Waals surface area contributed by atoms with E-state index in [1.54, 1.807) is 25.2 Å². The largest absolute Gasteiger partial charge is 0.481 e. The first-order chi connectivity index (χ1) is 13.5. The lowest BCUT2D eigenvalue weighted by atomic mass is 9.98. The minimum Gasteiger partial charge on any atom is -0.481 e. The first-order valence-corrected chi connectivity index (χ1v) is 9.10. The number of aryl methyl sites for hydroxylation is 1. The van der Waals surface area contributed by atoms with Crippen molar-refractivity contribution in [3.63, 3.8) is 0 Å². The number of likely N-dealkylation sites (N-methyl/N-ethyl adjacent to an activating group) is 1. The fourth-order valence-electron chi connectivity index (χ4n) is 3.42. The Kier molecular flexibility index (Phi) is 4.91. The van der Waals surface area contributed by atoms with E-state index < -0.39 is 0 Å². The fourth-order valence-corrected chi connectivity index (χ4v) is 3.42. The van der Waals surface area contributed by atoms with E-state index in [-0.39, 0.29) is 30.5 Å². The lowest BCUT2D eigenvalue weighted by Crippen LogP contribution is -2.42. The molecule has 2 atom stereocenters. The third-order valence-corrected chi connectivity index (χ3v) is 4.96. The van der Waals surface area contributed by atoms with Crippen molar-refractivity contribution in [2.24, 2.45) is 5.92 Å². The summed E-state index contributed by atoms with van der Waals surface area (Å²) >= 11 is 0. The molecule has 1 aromatic carbocycles. The van der Waals surface area contributed by atoms with Crippen LogP contribution in [-0.2, 0) is 16.0 Å². The first kappa shape index (κ1) is 18.3. The number of hydrogen-bond acceptors (Lipinski definition) is 6. The van der Waals surface area contributed by atoms with Gasteiger partial charge >= 0.3 is 6.03 Å². The number of hydrogen-bond donors (Lipinski definition) is 2. The maximum Gasteiger partial charge on any atom is 0.319 e. The van der Waals surface area contributed by atoms with Crippen LogP contribution >= 0.6 is 0 Å². The number of urea groups is 1.